The summed E-state index contributed by atoms with van der Waals surface area (Å²) in [5.41, 5.74) is 0. The van der Waals surface area contributed by atoms with Crippen LogP contribution in [0.5, 0.6) is 0 Å². The summed E-state index contributed by atoms with van der Waals surface area (Å²) < 4.78 is 10.6. The van der Waals surface area contributed by atoms with Gasteiger partial charge >= 0.3 is 0 Å². The van der Waals surface area contributed by atoms with Crippen LogP contribution in [-0.2, 0) is 11.2 Å². The van der Waals surface area contributed by atoms with Crippen molar-refractivity contribution in [3.05, 3.63) is 11.7 Å². The molecule has 0 radical (unpaired) electrons. The fourth-order valence-electron chi connectivity index (χ4n) is 1.88. The van der Waals surface area contributed by atoms with Gasteiger partial charge in [0.05, 0.1) is 6.04 Å². The number of hydrogen-bond acceptors (Lipinski definition) is 5. The second-order valence-corrected chi connectivity index (χ2v) is 4.35. The normalized spacial score (nSPS) is 23.2. The van der Waals surface area contributed by atoms with Crippen LogP contribution in [0, 0.1) is 5.92 Å². The zero-order valence-electron chi connectivity index (χ0n) is 9.90. The minimum atomic E-state index is 0.115. The summed E-state index contributed by atoms with van der Waals surface area (Å²) in [6.07, 6.45) is 3.20. The van der Waals surface area contributed by atoms with Gasteiger partial charge in [0, 0.05) is 19.6 Å². The van der Waals surface area contributed by atoms with Crippen molar-refractivity contribution < 1.29 is 9.26 Å². The van der Waals surface area contributed by atoms with E-state index in [-0.39, 0.29) is 6.04 Å². The third-order valence-electron chi connectivity index (χ3n) is 3.01. The molecule has 1 aromatic heterocycles. The van der Waals surface area contributed by atoms with Gasteiger partial charge < -0.3 is 14.6 Å². The predicted molar refractivity (Wildman–Crippen MR) is 59.0 cm³/mol. The lowest BCUT2D eigenvalue weighted by molar-refractivity contribution is 0.0541. The second-order valence-electron chi connectivity index (χ2n) is 4.35. The van der Waals surface area contributed by atoms with Gasteiger partial charge in [-0.25, -0.2) is 0 Å². The first-order chi connectivity index (χ1) is 7.79. The predicted octanol–water partition coefficient (Wildman–Crippen LogP) is 1.32. The van der Waals surface area contributed by atoms with Gasteiger partial charge in [-0.1, -0.05) is 5.16 Å². The molecule has 1 aromatic rings. The molecule has 0 spiro atoms. The lowest BCUT2D eigenvalue weighted by atomic mass is 9.98. The molecule has 2 rings (SSSR count). The van der Waals surface area contributed by atoms with Crippen molar-refractivity contribution in [2.45, 2.75) is 32.2 Å². The summed E-state index contributed by atoms with van der Waals surface area (Å²) in [5, 5.41) is 7.07. The minimum absolute atomic E-state index is 0.115. The average Bonchev–Trinajstić information content (AvgIpc) is 2.78. The van der Waals surface area contributed by atoms with E-state index in [1.165, 1.54) is 6.42 Å². The van der Waals surface area contributed by atoms with E-state index in [4.69, 9.17) is 9.26 Å². The SMILES string of the molecule is CNC(C)c1nc(CC2CCCOC2)no1. The van der Waals surface area contributed by atoms with E-state index in [1.54, 1.807) is 0 Å². The summed E-state index contributed by atoms with van der Waals surface area (Å²) in [7, 11) is 1.88. The summed E-state index contributed by atoms with van der Waals surface area (Å²) in [6, 6.07) is 0.115. The fourth-order valence-corrected chi connectivity index (χ4v) is 1.88. The van der Waals surface area contributed by atoms with Gasteiger partial charge in [0.2, 0.25) is 5.89 Å². The zero-order valence-corrected chi connectivity index (χ0v) is 9.90. The highest BCUT2D eigenvalue weighted by Crippen LogP contribution is 2.18. The molecule has 1 aliphatic rings. The van der Waals surface area contributed by atoms with Crippen LogP contribution in [0.2, 0.25) is 0 Å². The molecule has 2 atom stereocenters. The number of aromatic nitrogens is 2. The quantitative estimate of drug-likeness (QED) is 0.837. The molecule has 5 heteroatoms. The molecule has 2 heterocycles. The second kappa shape index (κ2) is 5.41. The molecule has 5 nitrogen and oxygen atoms in total. The molecule has 0 saturated carbocycles. The topological polar surface area (TPSA) is 60.2 Å². The molecule has 16 heavy (non-hydrogen) atoms. The third kappa shape index (κ3) is 2.80. The monoisotopic (exact) mass is 225 g/mol. The van der Waals surface area contributed by atoms with Crippen LogP contribution < -0.4 is 5.32 Å². The molecule has 1 N–H and O–H groups in total. The Hall–Kier alpha value is -0.940. The van der Waals surface area contributed by atoms with Crippen LogP contribution in [-0.4, -0.2) is 30.4 Å². The molecule has 0 bridgehead atoms. The number of ether oxygens (including phenoxy) is 1. The molecule has 0 aliphatic carbocycles. The molecule has 90 valence electrons. The third-order valence-corrected chi connectivity index (χ3v) is 3.01. The van der Waals surface area contributed by atoms with Crippen molar-refractivity contribution in [3.8, 4) is 0 Å². The highest BCUT2D eigenvalue weighted by atomic mass is 16.5. The molecule has 2 unspecified atom stereocenters. The Bertz CT molecular complexity index is 321. The largest absolute Gasteiger partial charge is 0.381 e. The lowest BCUT2D eigenvalue weighted by Crippen LogP contribution is -2.19. The molecular formula is C11H19N3O2. The van der Waals surface area contributed by atoms with E-state index < -0.39 is 0 Å². The van der Waals surface area contributed by atoms with Crippen molar-refractivity contribution in [1.29, 1.82) is 0 Å². The van der Waals surface area contributed by atoms with Crippen LogP contribution >= 0.6 is 0 Å². The van der Waals surface area contributed by atoms with Crippen LogP contribution in [0.15, 0.2) is 4.52 Å². The maximum Gasteiger partial charge on any atom is 0.243 e. The summed E-state index contributed by atoms with van der Waals surface area (Å²) >= 11 is 0. The molecule has 1 fully saturated rings. The minimum Gasteiger partial charge on any atom is -0.381 e. The molecule has 1 aliphatic heterocycles. The van der Waals surface area contributed by atoms with Crippen LogP contribution in [0.25, 0.3) is 0 Å². The van der Waals surface area contributed by atoms with Crippen molar-refractivity contribution in [3.63, 3.8) is 0 Å². The standard InChI is InChI=1S/C11H19N3O2/c1-8(12-2)11-13-10(14-16-11)6-9-4-3-5-15-7-9/h8-9,12H,3-7H2,1-2H3. The van der Waals surface area contributed by atoms with Gasteiger partial charge in [-0.05, 0) is 32.7 Å². The smallest absolute Gasteiger partial charge is 0.243 e. The number of hydrogen-bond donors (Lipinski definition) is 1. The first-order valence-electron chi connectivity index (χ1n) is 5.87. The van der Waals surface area contributed by atoms with Crippen LogP contribution in [0.3, 0.4) is 0 Å². The first kappa shape index (κ1) is 11.5. The molecular weight excluding hydrogens is 206 g/mol. The highest BCUT2D eigenvalue weighted by molar-refractivity contribution is 4.92. The first-order valence-corrected chi connectivity index (χ1v) is 5.87. The van der Waals surface area contributed by atoms with E-state index in [1.807, 2.05) is 14.0 Å². The van der Waals surface area contributed by atoms with E-state index in [0.717, 1.165) is 31.9 Å². The van der Waals surface area contributed by atoms with Crippen molar-refractivity contribution in [2.75, 3.05) is 20.3 Å². The van der Waals surface area contributed by atoms with Gasteiger partial charge in [0.25, 0.3) is 0 Å². The van der Waals surface area contributed by atoms with E-state index in [2.05, 4.69) is 15.5 Å². The Labute approximate surface area is 95.6 Å². The average molecular weight is 225 g/mol. The van der Waals surface area contributed by atoms with Crippen LogP contribution in [0.4, 0.5) is 0 Å². The zero-order chi connectivity index (χ0) is 11.4. The maximum atomic E-state index is 5.43. The van der Waals surface area contributed by atoms with Crippen LogP contribution in [0.1, 0.15) is 37.5 Å². The summed E-state index contributed by atoms with van der Waals surface area (Å²) in [6.45, 7) is 3.72. The van der Waals surface area contributed by atoms with Gasteiger partial charge in [-0.2, -0.15) is 4.98 Å². The van der Waals surface area contributed by atoms with Gasteiger partial charge in [0.15, 0.2) is 5.82 Å². The number of nitrogens with one attached hydrogen (secondary N) is 1. The summed E-state index contributed by atoms with van der Waals surface area (Å²) in [5.74, 6) is 2.01. The Kier molecular flexibility index (Phi) is 3.90. The molecule has 1 saturated heterocycles. The number of nitrogens with zero attached hydrogens (tertiary/aromatic N) is 2. The van der Waals surface area contributed by atoms with Gasteiger partial charge in [-0.3, -0.25) is 0 Å². The van der Waals surface area contributed by atoms with E-state index in [9.17, 15) is 0 Å². The highest BCUT2D eigenvalue weighted by Gasteiger charge is 2.18. The van der Waals surface area contributed by atoms with Crippen molar-refractivity contribution in [1.82, 2.24) is 15.5 Å². The van der Waals surface area contributed by atoms with Crippen molar-refractivity contribution >= 4 is 0 Å². The fraction of sp³-hybridized carbons (Fsp3) is 0.818. The van der Waals surface area contributed by atoms with Crippen molar-refractivity contribution in [2.24, 2.45) is 5.92 Å². The van der Waals surface area contributed by atoms with Gasteiger partial charge in [-0.15, -0.1) is 0 Å². The Morgan fingerprint density at radius 3 is 3.12 bits per heavy atom. The Morgan fingerprint density at radius 1 is 1.56 bits per heavy atom. The lowest BCUT2D eigenvalue weighted by Gasteiger charge is -2.20. The van der Waals surface area contributed by atoms with Gasteiger partial charge in [0.1, 0.15) is 0 Å². The molecule has 0 aromatic carbocycles. The summed E-state index contributed by atoms with van der Waals surface area (Å²) in [4.78, 5) is 4.38. The Morgan fingerprint density at radius 2 is 2.44 bits per heavy atom. The number of rotatable bonds is 4. The van der Waals surface area contributed by atoms with E-state index in [0.29, 0.717) is 11.8 Å². The maximum absolute atomic E-state index is 5.43. The Balaban J connectivity index is 1.91. The molecule has 0 amide bonds. The van der Waals surface area contributed by atoms with E-state index >= 15 is 0 Å².